The van der Waals surface area contributed by atoms with E-state index in [0.29, 0.717) is 0 Å². The minimum Gasteiger partial charge on any atom is -0.373 e. The lowest BCUT2D eigenvalue weighted by molar-refractivity contribution is -0.0105. The lowest BCUT2D eigenvalue weighted by atomic mass is 9.88. The van der Waals surface area contributed by atoms with E-state index in [1.807, 2.05) is 19.4 Å². The highest BCUT2D eigenvalue weighted by Crippen LogP contribution is 2.36. The number of aromatic nitrogens is 1. The highest BCUT2D eigenvalue weighted by Gasteiger charge is 2.38. The number of hydrogen-bond acceptors (Lipinski definition) is 3. The quantitative estimate of drug-likeness (QED) is 0.848. The van der Waals surface area contributed by atoms with Crippen LogP contribution in [0.1, 0.15) is 36.9 Å². The Morgan fingerprint density at radius 3 is 2.88 bits per heavy atom. The Bertz CT molecular complexity index is 359. The second kappa shape index (κ2) is 4.52. The molecule has 0 spiro atoms. The van der Waals surface area contributed by atoms with Crippen molar-refractivity contribution in [1.82, 2.24) is 10.3 Å². The molecule has 0 bridgehead atoms. The number of pyridine rings is 1. The highest BCUT2D eigenvalue weighted by atomic mass is 16.5. The molecule has 1 fully saturated rings. The molecule has 2 heterocycles. The topological polar surface area (TPSA) is 34.2 Å². The van der Waals surface area contributed by atoms with Gasteiger partial charge in [0.25, 0.3) is 0 Å². The molecule has 2 atom stereocenters. The van der Waals surface area contributed by atoms with Gasteiger partial charge in [-0.1, -0.05) is 6.07 Å². The Hall–Kier alpha value is -0.930. The minimum atomic E-state index is -0.0930. The molecule has 1 aromatic heterocycles. The van der Waals surface area contributed by atoms with Gasteiger partial charge in [0, 0.05) is 19.0 Å². The molecule has 2 unspecified atom stereocenters. The van der Waals surface area contributed by atoms with E-state index < -0.39 is 0 Å². The monoisotopic (exact) mass is 220 g/mol. The van der Waals surface area contributed by atoms with E-state index >= 15 is 0 Å². The fraction of sp³-hybridized carbons (Fsp3) is 0.615. The number of nitrogens with zero attached hydrogens (tertiary/aromatic N) is 1. The first-order valence-corrected chi connectivity index (χ1v) is 5.88. The summed E-state index contributed by atoms with van der Waals surface area (Å²) in [5.74, 6) is 0. The Kier molecular flexibility index (Phi) is 3.26. The summed E-state index contributed by atoms with van der Waals surface area (Å²) in [4.78, 5) is 4.26. The van der Waals surface area contributed by atoms with Crippen LogP contribution < -0.4 is 5.32 Å². The summed E-state index contributed by atoms with van der Waals surface area (Å²) in [5.41, 5.74) is 2.32. The first-order valence-electron chi connectivity index (χ1n) is 5.88. The lowest BCUT2D eigenvalue weighted by Crippen LogP contribution is -2.39. The number of hydrogen-bond donors (Lipinski definition) is 1. The Balaban J connectivity index is 2.28. The van der Waals surface area contributed by atoms with E-state index in [1.165, 1.54) is 11.1 Å². The van der Waals surface area contributed by atoms with Gasteiger partial charge in [0.05, 0.1) is 11.6 Å². The normalized spacial score (nSPS) is 26.9. The predicted molar refractivity (Wildman–Crippen MR) is 64.4 cm³/mol. The van der Waals surface area contributed by atoms with Crippen LogP contribution in [-0.2, 0) is 4.74 Å². The average molecular weight is 220 g/mol. The maximum absolute atomic E-state index is 5.90. The van der Waals surface area contributed by atoms with Crippen molar-refractivity contribution in [3.8, 4) is 0 Å². The number of rotatable bonds is 3. The predicted octanol–water partition coefficient (Wildman–Crippen LogP) is 2.22. The van der Waals surface area contributed by atoms with E-state index in [1.54, 1.807) is 0 Å². The molecule has 1 aromatic rings. The van der Waals surface area contributed by atoms with Crippen LogP contribution >= 0.6 is 0 Å². The van der Waals surface area contributed by atoms with Crippen molar-refractivity contribution >= 4 is 0 Å². The molecule has 3 heteroatoms. The average Bonchev–Trinajstić information content (AvgIpc) is 2.67. The molecule has 3 nitrogen and oxygen atoms in total. The standard InChI is InChI=1S/C13H20N2O/c1-10-7-11(9-15-8-10)12(14-3)13(2)5-4-6-16-13/h7-9,12,14H,4-6H2,1-3H3. The molecule has 1 aliphatic heterocycles. The first kappa shape index (κ1) is 11.6. The van der Waals surface area contributed by atoms with E-state index in [2.05, 4.69) is 30.2 Å². The number of aryl methyl sites for hydroxylation is 1. The van der Waals surface area contributed by atoms with Crippen molar-refractivity contribution in [2.75, 3.05) is 13.7 Å². The zero-order chi connectivity index (χ0) is 11.6. The smallest absolute Gasteiger partial charge is 0.0849 e. The molecule has 1 N–H and O–H groups in total. The summed E-state index contributed by atoms with van der Waals surface area (Å²) >= 11 is 0. The van der Waals surface area contributed by atoms with Crippen LogP contribution in [0.5, 0.6) is 0 Å². The lowest BCUT2D eigenvalue weighted by Gasteiger charge is -2.33. The molecular weight excluding hydrogens is 200 g/mol. The van der Waals surface area contributed by atoms with Gasteiger partial charge in [-0.2, -0.15) is 0 Å². The summed E-state index contributed by atoms with van der Waals surface area (Å²) in [6.07, 6.45) is 6.07. The Morgan fingerprint density at radius 2 is 2.31 bits per heavy atom. The van der Waals surface area contributed by atoms with Crippen LogP contribution in [0, 0.1) is 6.92 Å². The highest BCUT2D eigenvalue weighted by molar-refractivity contribution is 5.23. The van der Waals surface area contributed by atoms with Crippen LogP contribution in [0.4, 0.5) is 0 Å². The van der Waals surface area contributed by atoms with Crippen molar-refractivity contribution in [2.45, 2.75) is 38.3 Å². The number of likely N-dealkylation sites (N-methyl/N-ethyl adjacent to an activating group) is 1. The van der Waals surface area contributed by atoms with Crippen molar-refractivity contribution in [3.05, 3.63) is 29.6 Å². The third-order valence-corrected chi connectivity index (χ3v) is 3.38. The van der Waals surface area contributed by atoms with Gasteiger partial charge < -0.3 is 10.1 Å². The summed E-state index contributed by atoms with van der Waals surface area (Å²) in [6.45, 7) is 5.12. The number of ether oxygens (including phenoxy) is 1. The zero-order valence-corrected chi connectivity index (χ0v) is 10.3. The van der Waals surface area contributed by atoms with Gasteiger partial charge in [0.15, 0.2) is 0 Å². The van der Waals surface area contributed by atoms with Gasteiger partial charge in [-0.25, -0.2) is 0 Å². The Morgan fingerprint density at radius 1 is 1.50 bits per heavy atom. The molecule has 1 saturated heterocycles. The second-order valence-corrected chi connectivity index (χ2v) is 4.78. The van der Waals surface area contributed by atoms with Gasteiger partial charge in [-0.15, -0.1) is 0 Å². The molecular formula is C13H20N2O. The first-order chi connectivity index (χ1) is 7.65. The molecule has 16 heavy (non-hydrogen) atoms. The van der Waals surface area contributed by atoms with Crippen molar-refractivity contribution in [3.63, 3.8) is 0 Å². The van der Waals surface area contributed by atoms with Gasteiger partial charge in [0.2, 0.25) is 0 Å². The van der Waals surface area contributed by atoms with Crippen LogP contribution in [0.25, 0.3) is 0 Å². The minimum absolute atomic E-state index is 0.0930. The van der Waals surface area contributed by atoms with Crippen LogP contribution in [0.2, 0.25) is 0 Å². The fourth-order valence-corrected chi connectivity index (χ4v) is 2.59. The maximum Gasteiger partial charge on any atom is 0.0849 e. The van der Waals surface area contributed by atoms with Crippen molar-refractivity contribution in [1.29, 1.82) is 0 Å². The van der Waals surface area contributed by atoms with Crippen LogP contribution in [-0.4, -0.2) is 24.2 Å². The number of nitrogens with one attached hydrogen (secondary N) is 1. The summed E-state index contributed by atoms with van der Waals surface area (Å²) in [7, 11) is 1.99. The van der Waals surface area contributed by atoms with Crippen LogP contribution in [0.3, 0.4) is 0 Å². The van der Waals surface area contributed by atoms with E-state index in [0.717, 1.165) is 19.4 Å². The molecule has 0 aliphatic carbocycles. The maximum atomic E-state index is 5.90. The molecule has 1 aliphatic rings. The van der Waals surface area contributed by atoms with Crippen molar-refractivity contribution in [2.24, 2.45) is 0 Å². The molecule has 0 saturated carbocycles. The van der Waals surface area contributed by atoms with Crippen LogP contribution in [0.15, 0.2) is 18.5 Å². The van der Waals surface area contributed by atoms with E-state index in [-0.39, 0.29) is 11.6 Å². The SMILES string of the molecule is CNC(c1cncc(C)c1)C1(C)CCCO1. The van der Waals surface area contributed by atoms with Gasteiger partial charge >= 0.3 is 0 Å². The Labute approximate surface area is 97.2 Å². The third kappa shape index (κ3) is 2.11. The molecule has 0 radical (unpaired) electrons. The second-order valence-electron chi connectivity index (χ2n) is 4.78. The molecule has 0 amide bonds. The fourth-order valence-electron chi connectivity index (χ4n) is 2.59. The van der Waals surface area contributed by atoms with Crippen molar-refractivity contribution < 1.29 is 4.74 Å². The van der Waals surface area contributed by atoms with E-state index in [4.69, 9.17) is 4.74 Å². The largest absolute Gasteiger partial charge is 0.373 e. The van der Waals surface area contributed by atoms with Gasteiger partial charge in [-0.3, -0.25) is 4.98 Å². The van der Waals surface area contributed by atoms with Gasteiger partial charge in [-0.05, 0) is 44.9 Å². The third-order valence-electron chi connectivity index (χ3n) is 3.38. The molecule has 88 valence electrons. The van der Waals surface area contributed by atoms with Gasteiger partial charge in [0.1, 0.15) is 0 Å². The molecule has 2 rings (SSSR count). The summed E-state index contributed by atoms with van der Waals surface area (Å²) in [6, 6.07) is 2.41. The summed E-state index contributed by atoms with van der Waals surface area (Å²) in [5, 5.41) is 3.36. The van der Waals surface area contributed by atoms with E-state index in [9.17, 15) is 0 Å². The zero-order valence-electron chi connectivity index (χ0n) is 10.3. The summed E-state index contributed by atoms with van der Waals surface area (Å²) < 4.78 is 5.90. The molecule has 0 aromatic carbocycles.